The molecule has 0 aromatic rings. The van der Waals surface area contributed by atoms with Crippen molar-refractivity contribution in [2.75, 3.05) is 6.54 Å². The van der Waals surface area contributed by atoms with Crippen LogP contribution in [-0.2, 0) is 14.4 Å². The minimum absolute atomic E-state index is 0.0895. The van der Waals surface area contributed by atoms with Crippen LogP contribution in [0.4, 0.5) is 0 Å². The van der Waals surface area contributed by atoms with E-state index in [9.17, 15) is 19.5 Å². The molecule has 0 aromatic carbocycles. The van der Waals surface area contributed by atoms with E-state index in [2.05, 4.69) is 16.0 Å². The van der Waals surface area contributed by atoms with E-state index >= 15 is 0 Å². The zero-order valence-electron chi connectivity index (χ0n) is 16.5. The van der Waals surface area contributed by atoms with Crippen LogP contribution in [0.2, 0.25) is 0 Å². The fraction of sp³-hybridized carbons (Fsp3) is 0.765. The van der Waals surface area contributed by atoms with Gasteiger partial charge in [0.25, 0.3) is 0 Å². The van der Waals surface area contributed by atoms with E-state index in [1.165, 1.54) is 0 Å². The van der Waals surface area contributed by atoms with Crippen molar-refractivity contribution in [3.05, 3.63) is 0 Å². The number of nitrogens with one attached hydrogen (secondary N) is 4. The van der Waals surface area contributed by atoms with Gasteiger partial charge in [-0.3, -0.25) is 15.0 Å². The third-order valence-electron chi connectivity index (χ3n) is 3.96. The van der Waals surface area contributed by atoms with Crippen molar-refractivity contribution in [1.29, 1.82) is 5.41 Å². The van der Waals surface area contributed by atoms with Gasteiger partial charge in [0, 0.05) is 6.54 Å². The van der Waals surface area contributed by atoms with Crippen molar-refractivity contribution in [3.8, 4) is 0 Å². The van der Waals surface area contributed by atoms with E-state index in [4.69, 9.17) is 16.9 Å². The monoisotopic (exact) mass is 386 g/mol. The summed E-state index contributed by atoms with van der Waals surface area (Å²) >= 11 is 0. The highest BCUT2D eigenvalue weighted by Gasteiger charge is 2.28. The quantitative estimate of drug-likeness (QED) is 0.132. The summed E-state index contributed by atoms with van der Waals surface area (Å²) in [5.41, 5.74) is 11.0. The molecule has 10 heteroatoms. The summed E-state index contributed by atoms with van der Waals surface area (Å²) in [6.07, 6.45) is 0.923. The lowest BCUT2D eigenvalue weighted by molar-refractivity contribution is -0.142. The van der Waals surface area contributed by atoms with Gasteiger partial charge in [0.15, 0.2) is 5.96 Å². The molecule has 156 valence electrons. The van der Waals surface area contributed by atoms with Crippen LogP contribution in [0.15, 0.2) is 0 Å². The zero-order valence-corrected chi connectivity index (χ0v) is 16.5. The lowest BCUT2D eigenvalue weighted by atomic mass is 10.00. The highest BCUT2D eigenvalue weighted by Crippen LogP contribution is 2.08. The van der Waals surface area contributed by atoms with Crippen LogP contribution in [0.25, 0.3) is 0 Å². The number of carbonyl (C=O) groups is 3. The van der Waals surface area contributed by atoms with Crippen LogP contribution < -0.4 is 27.4 Å². The van der Waals surface area contributed by atoms with Gasteiger partial charge in [0.05, 0.1) is 6.04 Å². The minimum Gasteiger partial charge on any atom is -0.480 e. The lowest BCUT2D eigenvalue weighted by Gasteiger charge is -2.25. The number of hydrogen-bond acceptors (Lipinski definition) is 5. The average molecular weight is 386 g/mol. The van der Waals surface area contributed by atoms with Crippen LogP contribution in [0.3, 0.4) is 0 Å². The Bertz CT molecular complexity index is 524. The zero-order chi connectivity index (χ0) is 21.1. The Labute approximate surface area is 160 Å². The molecule has 3 atom stereocenters. The third kappa shape index (κ3) is 10.4. The normalized spacial score (nSPS) is 14.3. The molecule has 0 unspecified atom stereocenters. The first-order chi connectivity index (χ1) is 12.5. The summed E-state index contributed by atoms with van der Waals surface area (Å²) in [5, 5.41) is 24.1. The number of amides is 2. The number of nitrogens with two attached hydrogens (primary N) is 2. The SMILES string of the molecule is CC(C)C[C@H](NC(=O)[C@@H](N)C(C)C)C(=O)N[C@@H](CCCNC(=N)N)C(=O)O. The molecule has 0 radical (unpaired) electrons. The van der Waals surface area contributed by atoms with Gasteiger partial charge in [0.2, 0.25) is 11.8 Å². The van der Waals surface area contributed by atoms with Gasteiger partial charge in [-0.15, -0.1) is 0 Å². The lowest BCUT2D eigenvalue weighted by Crippen LogP contribution is -2.55. The van der Waals surface area contributed by atoms with Crippen molar-refractivity contribution >= 4 is 23.7 Å². The molecule has 0 aliphatic carbocycles. The largest absolute Gasteiger partial charge is 0.480 e. The second-order valence-corrected chi connectivity index (χ2v) is 7.34. The van der Waals surface area contributed by atoms with Crippen molar-refractivity contribution in [2.45, 2.75) is 65.1 Å². The summed E-state index contributed by atoms with van der Waals surface area (Å²) in [4.78, 5) is 36.2. The fourth-order valence-electron chi connectivity index (χ4n) is 2.33. The van der Waals surface area contributed by atoms with Crippen molar-refractivity contribution in [2.24, 2.45) is 23.3 Å². The Morgan fingerprint density at radius 1 is 1.04 bits per heavy atom. The van der Waals surface area contributed by atoms with Crippen LogP contribution in [-0.4, -0.2) is 53.5 Å². The molecule has 0 bridgehead atoms. The molecular formula is C17H34N6O4. The second kappa shape index (κ2) is 12.1. The highest BCUT2D eigenvalue weighted by molar-refractivity contribution is 5.91. The second-order valence-electron chi connectivity index (χ2n) is 7.34. The van der Waals surface area contributed by atoms with Gasteiger partial charge in [-0.2, -0.15) is 0 Å². The summed E-state index contributed by atoms with van der Waals surface area (Å²) < 4.78 is 0. The van der Waals surface area contributed by atoms with E-state index in [1.54, 1.807) is 13.8 Å². The molecule has 0 fully saturated rings. The fourth-order valence-corrected chi connectivity index (χ4v) is 2.33. The van der Waals surface area contributed by atoms with E-state index in [0.29, 0.717) is 19.4 Å². The topological polar surface area (TPSA) is 183 Å². The molecule has 0 spiro atoms. The van der Waals surface area contributed by atoms with Gasteiger partial charge < -0.3 is 32.5 Å². The molecule has 27 heavy (non-hydrogen) atoms. The molecule has 0 aromatic heterocycles. The standard InChI is InChI=1S/C17H34N6O4/c1-9(2)8-12(23-15(25)13(18)10(3)4)14(24)22-11(16(26)27)6-5-7-21-17(19)20/h9-13H,5-8,18H2,1-4H3,(H,22,24)(H,23,25)(H,26,27)(H4,19,20,21)/t11-,12-,13-/m0/s1. The summed E-state index contributed by atoms with van der Waals surface area (Å²) in [5.74, 6) is -2.34. The number of carbonyl (C=O) groups excluding carboxylic acids is 2. The van der Waals surface area contributed by atoms with Gasteiger partial charge >= 0.3 is 5.97 Å². The first kappa shape index (κ1) is 24.6. The average Bonchev–Trinajstić information content (AvgIpc) is 2.54. The summed E-state index contributed by atoms with van der Waals surface area (Å²) in [7, 11) is 0. The van der Waals surface area contributed by atoms with Gasteiger partial charge in [-0.1, -0.05) is 27.7 Å². The maximum atomic E-state index is 12.6. The number of rotatable bonds is 12. The molecule has 2 amide bonds. The first-order valence-electron chi connectivity index (χ1n) is 9.12. The maximum Gasteiger partial charge on any atom is 0.326 e. The molecule has 10 nitrogen and oxygen atoms in total. The Morgan fingerprint density at radius 3 is 2.04 bits per heavy atom. The van der Waals surface area contributed by atoms with E-state index in [0.717, 1.165) is 0 Å². The van der Waals surface area contributed by atoms with Crippen LogP contribution in [0, 0.1) is 17.2 Å². The predicted octanol–water partition coefficient (Wildman–Crippen LogP) is -0.667. The summed E-state index contributed by atoms with van der Waals surface area (Å²) in [6, 6.07) is -2.71. The van der Waals surface area contributed by atoms with Gasteiger partial charge in [-0.25, -0.2) is 4.79 Å². The molecule has 0 saturated carbocycles. The summed E-state index contributed by atoms with van der Waals surface area (Å²) in [6.45, 7) is 7.73. The molecule has 9 N–H and O–H groups in total. The Balaban J connectivity index is 4.93. The minimum atomic E-state index is -1.17. The van der Waals surface area contributed by atoms with E-state index < -0.39 is 35.9 Å². The molecule has 0 rings (SSSR count). The molecular weight excluding hydrogens is 352 g/mol. The van der Waals surface area contributed by atoms with Crippen LogP contribution >= 0.6 is 0 Å². The third-order valence-corrected chi connectivity index (χ3v) is 3.96. The van der Waals surface area contributed by atoms with Crippen molar-refractivity contribution in [1.82, 2.24) is 16.0 Å². The highest BCUT2D eigenvalue weighted by atomic mass is 16.4. The van der Waals surface area contributed by atoms with E-state index in [1.807, 2.05) is 13.8 Å². The number of guanidine groups is 1. The Hall–Kier alpha value is -2.36. The smallest absolute Gasteiger partial charge is 0.326 e. The number of hydrogen-bond donors (Lipinski definition) is 7. The Kier molecular flexibility index (Phi) is 11.0. The van der Waals surface area contributed by atoms with E-state index in [-0.39, 0.29) is 24.2 Å². The van der Waals surface area contributed by atoms with Crippen LogP contribution in [0.1, 0.15) is 47.0 Å². The Morgan fingerprint density at radius 2 is 1.59 bits per heavy atom. The predicted molar refractivity (Wildman–Crippen MR) is 103 cm³/mol. The van der Waals surface area contributed by atoms with Crippen LogP contribution in [0.5, 0.6) is 0 Å². The van der Waals surface area contributed by atoms with Gasteiger partial charge in [0.1, 0.15) is 12.1 Å². The first-order valence-corrected chi connectivity index (χ1v) is 9.12. The number of aliphatic carboxylic acids is 1. The number of carboxylic acids is 1. The molecule has 0 aliphatic rings. The van der Waals surface area contributed by atoms with Crippen molar-refractivity contribution in [3.63, 3.8) is 0 Å². The molecule has 0 heterocycles. The van der Waals surface area contributed by atoms with Crippen molar-refractivity contribution < 1.29 is 19.5 Å². The molecule has 0 aliphatic heterocycles. The maximum absolute atomic E-state index is 12.6. The van der Waals surface area contributed by atoms with Gasteiger partial charge in [-0.05, 0) is 31.1 Å². The number of carboxylic acid groups (broad SMARTS) is 1. The molecule has 0 saturated heterocycles.